The van der Waals surface area contributed by atoms with Gasteiger partial charge in [-0.3, -0.25) is 4.79 Å². The first-order valence-electron chi connectivity index (χ1n) is 8.08. The minimum atomic E-state index is -0.815. The highest BCUT2D eigenvalue weighted by Crippen LogP contribution is 2.30. The van der Waals surface area contributed by atoms with Crippen molar-refractivity contribution in [2.45, 2.75) is 38.7 Å². The summed E-state index contributed by atoms with van der Waals surface area (Å²) in [6, 6.07) is 6.80. The Bertz CT molecular complexity index is 745. The molecule has 1 aromatic carbocycles. The molecule has 2 aromatic rings. The lowest BCUT2D eigenvalue weighted by molar-refractivity contribution is 0.0318. The van der Waals surface area contributed by atoms with Gasteiger partial charge in [0.25, 0.3) is 0 Å². The second kappa shape index (κ2) is 7.18. The lowest BCUT2D eigenvalue weighted by Gasteiger charge is -2.15. The van der Waals surface area contributed by atoms with E-state index in [2.05, 4.69) is 0 Å². The van der Waals surface area contributed by atoms with Crippen molar-refractivity contribution in [1.82, 2.24) is 0 Å². The fourth-order valence-electron chi connectivity index (χ4n) is 2.93. The molecule has 1 aliphatic rings. The molecule has 0 fully saturated rings. The molecule has 3 rings (SSSR count). The number of ketones is 1. The van der Waals surface area contributed by atoms with E-state index in [9.17, 15) is 9.59 Å². The quantitative estimate of drug-likeness (QED) is 0.606. The molecule has 0 amide bonds. The molecule has 0 aliphatic heterocycles. The van der Waals surface area contributed by atoms with Crippen LogP contribution in [0.1, 0.15) is 50.9 Å². The molecule has 1 heterocycles. The average molecular weight is 344 g/mol. The van der Waals surface area contributed by atoms with Gasteiger partial charge < -0.3 is 9.47 Å². The summed E-state index contributed by atoms with van der Waals surface area (Å²) in [5.41, 5.74) is 2.24. The fourth-order valence-corrected chi connectivity index (χ4v) is 4.05. The van der Waals surface area contributed by atoms with E-state index >= 15 is 0 Å². The molecule has 0 saturated carbocycles. The third-order valence-corrected chi connectivity index (χ3v) is 5.40. The number of rotatable bonds is 5. The fraction of sp³-hybridized carbons (Fsp3) is 0.368. The molecule has 4 nitrogen and oxygen atoms in total. The summed E-state index contributed by atoms with van der Waals surface area (Å²) in [6.45, 7) is 1.61. The molecule has 0 bridgehead atoms. The van der Waals surface area contributed by atoms with Crippen LogP contribution in [0.3, 0.4) is 0 Å². The molecule has 0 N–H and O–H groups in total. The van der Waals surface area contributed by atoms with Gasteiger partial charge in [0, 0.05) is 15.8 Å². The van der Waals surface area contributed by atoms with Gasteiger partial charge in [0.15, 0.2) is 6.10 Å². The number of aryl methyl sites for hydroxylation is 1. The van der Waals surface area contributed by atoms with Crippen LogP contribution >= 0.6 is 11.3 Å². The zero-order chi connectivity index (χ0) is 17.1. The first kappa shape index (κ1) is 16.7. The van der Waals surface area contributed by atoms with Crippen LogP contribution < -0.4 is 4.74 Å². The van der Waals surface area contributed by atoms with E-state index in [1.165, 1.54) is 11.3 Å². The van der Waals surface area contributed by atoms with Gasteiger partial charge in [-0.1, -0.05) is 0 Å². The number of benzene rings is 1. The van der Waals surface area contributed by atoms with E-state index in [4.69, 9.17) is 9.47 Å². The van der Waals surface area contributed by atoms with Gasteiger partial charge in [0.2, 0.25) is 5.78 Å². The molecule has 1 aromatic heterocycles. The highest BCUT2D eigenvalue weighted by atomic mass is 32.1. The molecule has 0 unspecified atom stereocenters. The van der Waals surface area contributed by atoms with E-state index < -0.39 is 12.1 Å². The lowest BCUT2D eigenvalue weighted by Crippen LogP contribution is -2.24. The second-order valence-corrected chi connectivity index (χ2v) is 6.86. The smallest absolute Gasteiger partial charge is 0.339 e. The normalized spacial score (nSPS) is 14.6. The number of thiophene rings is 1. The maximum absolute atomic E-state index is 12.4. The molecule has 0 saturated heterocycles. The van der Waals surface area contributed by atoms with Crippen molar-refractivity contribution < 1.29 is 19.1 Å². The van der Waals surface area contributed by atoms with Gasteiger partial charge in [-0.05, 0) is 62.4 Å². The van der Waals surface area contributed by atoms with Crippen molar-refractivity contribution in [2.75, 3.05) is 7.11 Å². The maximum Gasteiger partial charge on any atom is 0.339 e. The van der Waals surface area contributed by atoms with E-state index in [-0.39, 0.29) is 5.78 Å². The molecule has 126 valence electrons. The van der Waals surface area contributed by atoms with E-state index in [0.717, 1.165) is 24.8 Å². The summed E-state index contributed by atoms with van der Waals surface area (Å²) >= 11 is 1.62. The minimum Gasteiger partial charge on any atom is -0.497 e. The first-order chi connectivity index (χ1) is 11.6. The zero-order valence-corrected chi connectivity index (χ0v) is 14.7. The average Bonchev–Trinajstić information content (AvgIpc) is 3.05. The van der Waals surface area contributed by atoms with Crippen LogP contribution in [0.25, 0.3) is 0 Å². The van der Waals surface area contributed by atoms with Crippen LogP contribution in [0.2, 0.25) is 0 Å². The van der Waals surface area contributed by atoms with E-state index in [1.54, 1.807) is 49.6 Å². The Morgan fingerprint density at radius 2 is 1.83 bits per heavy atom. The number of esters is 1. The van der Waals surface area contributed by atoms with Crippen LogP contribution in [0.5, 0.6) is 5.75 Å². The topological polar surface area (TPSA) is 52.6 Å². The van der Waals surface area contributed by atoms with Gasteiger partial charge in [-0.2, -0.15) is 0 Å². The maximum atomic E-state index is 12.4. The van der Waals surface area contributed by atoms with Crippen LogP contribution in [-0.4, -0.2) is 25.0 Å². The Morgan fingerprint density at radius 1 is 1.12 bits per heavy atom. The summed E-state index contributed by atoms with van der Waals surface area (Å²) in [7, 11) is 1.57. The third kappa shape index (κ3) is 3.36. The number of carbonyl (C=O) groups is 2. The van der Waals surface area contributed by atoms with Crippen LogP contribution in [-0.2, 0) is 17.6 Å². The van der Waals surface area contributed by atoms with Crippen molar-refractivity contribution in [3.05, 3.63) is 51.2 Å². The molecule has 1 atom stereocenters. The Balaban J connectivity index is 1.69. The number of fused-ring (bicyclic) bond motifs is 1. The molecular weight excluding hydrogens is 324 g/mol. The SMILES string of the molecule is COc1ccc(C(=O)[C@@H](C)OC(=O)c2csc3c2CCCC3)cc1. The minimum absolute atomic E-state index is 0.213. The number of carbonyl (C=O) groups excluding carboxylic acids is 2. The van der Waals surface area contributed by atoms with E-state index in [1.807, 2.05) is 5.38 Å². The van der Waals surface area contributed by atoms with Crippen molar-refractivity contribution in [3.8, 4) is 5.75 Å². The van der Waals surface area contributed by atoms with Crippen molar-refractivity contribution in [3.63, 3.8) is 0 Å². The highest BCUT2D eigenvalue weighted by molar-refractivity contribution is 7.10. The Labute approximate surface area is 145 Å². The summed E-state index contributed by atoms with van der Waals surface area (Å²) in [5, 5.41) is 1.86. The van der Waals surface area contributed by atoms with Crippen LogP contribution in [0.15, 0.2) is 29.6 Å². The zero-order valence-electron chi connectivity index (χ0n) is 13.8. The molecule has 1 aliphatic carbocycles. The summed E-state index contributed by atoms with van der Waals surface area (Å²) in [5.74, 6) is 0.0694. The standard InChI is InChI=1S/C19H20O4S/c1-12(18(20)13-7-9-14(22-2)10-8-13)23-19(21)16-11-24-17-6-4-3-5-15(16)17/h7-12H,3-6H2,1-2H3/t12-/m1/s1. The first-order valence-corrected chi connectivity index (χ1v) is 8.96. The summed E-state index contributed by atoms with van der Waals surface area (Å²) in [4.78, 5) is 26.1. The van der Waals surface area contributed by atoms with Crippen molar-refractivity contribution in [1.29, 1.82) is 0 Å². The molecular formula is C19H20O4S. The third-order valence-electron chi connectivity index (χ3n) is 4.31. The van der Waals surface area contributed by atoms with Crippen molar-refractivity contribution >= 4 is 23.1 Å². The molecule has 0 radical (unpaired) electrons. The van der Waals surface area contributed by atoms with Gasteiger partial charge in [0.05, 0.1) is 12.7 Å². The van der Waals surface area contributed by atoms with Gasteiger partial charge in [0.1, 0.15) is 5.75 Å². The highest BCUT2D eigenvalue weighted by Gasteiger charge is 2.25. The van der Waals surface area contributed by atoms with Gasteiger partial charge in [-0.25, -0.2) is 4.79 Å². The number of hydrogen-bond acceptors (Lipinski definition) is 5. The van der Waals surface area contributed by atoms with E-state index in [0.29, 0.717) is 16.9 Å². The van der Waals surface area contributed by atoms with Gasteiger partial charge in [-0.15, -0.1) is 11.3 Å². The molecule has 0 spiro atoms. The summed E-state index contributed by atoms with van der Waals surface area (Å²) < 4.78 is 10.5. The predicted molar refractivity (Wildman–Crippen MR) is 93.2 cm³/mol. The molecule has 24 heavy (non-hydrogen) atoms. The van der Waals surface area contributed by atoms with Crippen LogP contribution in [0, 0.1) is 0 Å². The Morgan fingerprint density at radius 3 is 2.54 bits per heavy atom. The number of hydrogen-bond donors (Lipinski definition) is 0. The molecule has 5 heteroatoms. The number of ether oxygens (including phenoxy) is 2. The van der Waals surface area contributed by atoms with Gasteiger partial charge >= 0.3 is 5.97 Å². The lowest BCUT2D eigenvalue weighted by atomic mass is 9.96. The largest absolute Gasteiger partial charge is 0.497 e. The predicted octanol–water partition coefficient (Wildman–Crippen LogP) is 4.06. The van der Waals surface area contributed by atoms with Crippen molar-refractivity contribution in [2.24, 2.45) is 0 Å². The Hall–Kier alpha value is -2.14. The summed E-state index contributed by atoms with van der Waals surface area (Å²) in [6.07, 6.45) is 3.42. The number of Topliss-reactive ketones (excluding diaryl/α,β-unsaturated/α-hetero) is 1. The van der Waals surface area contributed by atoms with Crippen LogP contribution in [0.4, 0.5) is 0 Å². The number of methoxy groups -OCH3 is 1. The second-order valence-electron chi connectivity index (χ2n) is 5.90. The Kier molecular flexibility index (Phi) is 5.00. The monoisotopic (exact) mass is 344 g/mol.